The molecule has 146 valence electrons. The van der Waals surface area contributed by atoms with Crippen LogP contribution >= 0.6 is 24.0 Å². The van der Waals surface area contributed by atoms with E-state index in [2.05, 4.69) is 9.72 Å². The maximum atomic E-state index is 12.8. The number of hydrogen-bond donors (Lipinski definition) is 0. The first-order valence-electron chi connectivity index (χ1n) is 7.83. The van der Waals surface area contributed by atoms with Crippen LogP contribution in [0, 0.1) is 0 Å². The van der Waals surface area contributed by atoms with Crippen LogP contribution in [0.15, 0.2) is 41.6 Å². The molecule has 0 radical (unpaired) electrons. The van der Waals surface area contributed by atoms with Crippen molar-refractivity contribution in [3.8, 4) is 17.2 Å². The summed E-state index contributed by atoms with van der Waals surface area (Å²) in [7, 11) is 2.64. The molecular weight excluding hydrogens is 410 g/mol. The molecule has 1 aliphatic rings. The predicted molar refractivity (Wildman–Crippen MR) is 106 cm³/mol. The molecule has 0 spiro atoms. The van der Waals surface area contributed by atoms with E-state index < -0.39 is 6.61 Å². The number of aromatic nitrogens is 1. The SMILES string of the molecule is COc1cc(/C=C2\SC(=S)N(c3cccnc3)C2=O)cc(OC)c1OC(F)F. The molecule has 0 bridgehead atoms. The van der Waals surface area contributed by atoms with Crippen LogP contribution in [0.25, 0.3) is 6.08 Å². The fourth-order valence-corrected chi connectivity index (χ4v) is 3.82. The molecule has 0 unspecified atom stereocenters. The number of hydrogen-bond acceptors (Lipinski definition) is 7. The van der Waals surface area contributed by atoms with Crippen molar-refractivity contribution in [1.29, 1.82) is 0 Å². The van der Waals surface area contributed by atoms with E-state index in [4.69, 9.17) is 21.7 Å². The second-order valence-corrected chi connectivity index (χ2v) is 7.04. The molecule has 0 aliphatic carbocycles. The Hall–Kier alpha value is -2.72. The minimum absolute atomic E-state index is 0.0497. The maximum Gasteiger partial charge on any atom is 0.387 e. The Labute approximate surface area is 169 Å². The first-order valence-corrected chi connectivity index (χ1v) is 9.06. The van der Waals surface area contributed by atoms with E-state index in [1.807, 2.05) is 0 Å². The normalized spacial score (nSPS) is 15.5. The number of thioether (sulfide) groups is 1. The topological polar surface area (TPSA) is 60.9 Å². The number of methoxy groups -OCH3 is 2. The fourth-order valence-electron chi connectivity index (χ4n) is 2.52. The first kappa shape index (κ1) is 20.0. The van der Waals surface area contributed by atoms with Gasteiger partial charge in [-0.2, -0.15) is 8.78 Å². The third kappa shape index (κ3) is 4.07. The van der Waals surface area contributed by atoms with Crippen LogP contribution in [0.1, 0.15) is 5.56 Å². The van der Waals surface area contributed by atoms with E-state index in [0.717, 1.165) is 11.8 Å². The van der Waals surface area contributed by atoms with Crippen LogP contribution in [0.3, 0.4) is 0 Å². The summed E-state index contributed by atoms with van der Waals surface area (Å²) < 4.78 is 40.4. The van der Waals surface area contributed by atoms with Gasteiger partial charge in [-0.05, 0) is 35.9 Å². The summed E-state index contributed by atoms with van der Waals surface area (Å²) in [6.45, 7) is -3.04. The first-order chi connectivity index (χ1) is 13.4. The van der Waals surface area contributed by atoms with Crippen molar-refractivity contribution in [2.24, 2.45) is 0 Å². The Bertz CT molecular complexity index is 913. The molecular formula is C18H14F2N2O4S2. The lowest BCUT2D eigenvalue weighted by Gasteiger charge is -2.15. The Balaban J connectivity index is 1.97. The lowest BCUT2D eigenvalue weighted by Crippen LogP contribution is -2.27. The number of carbonyl (C=O) groups excluding carboxylic acids is 1. The highest BCUT2D eigenvalue weighted by atomic mass is 32.2. The third-order valence-electron chi connectivity index (χ3n) is 3.69. The summed E-state index contributed by atoms with van der Waals surface area (Å²) in [6.07, 6.45) is 4.71. The van der Waals surface area contributed by atoms with E-state index >= 15 is 0 Å². The molecule has 10 heteroatoms. The van der Waals surface area contributed by atoms with Gasteiger partial charge in [0.25, 0.3) is 5.91 Å². The number of anilines is 1. The van der Waals surface area contributed by atoms with Crippen molar-refractivity contribution in [2.75, 3.05) is 19.1 Å². The van der Waals surface area contributed by atoms with Crippen LogP contribution in [0.5, 0.6) is 17.2 Å². The van der Waals surface area contributed by atoms with Gasteiger partial charge in [-0.1, -0.05) is 24.0 Å². The van der Waals surface area contributed by atoms with Gasteiger partial charge >= 0.3 is 6.61 Å². The average Bonchev–Trinajstić information content (AvgIpc) is 2.96. The summed E-state index contributed by atoms with van der Waals surface area (Å²) in [6, 6.07) is 6.37. The number of alkyl halides is 2. The number of benzene rings is 1. The number of halogens is 2. The molecule has 0 N–H and O–H groups in total. The molecule has 0 atom stereocenters. The van der Waals surface area contributed by atoms with Crippen molar-refractivity contribution < 1.29 is 27.8 Å². The van der Waals surface area contributed by atoms with Gasteiger partial charge in [-0.15, -0.1) is 0 Å². The van der Waals surface area contributed by atoms with Gasteiger partial charge in [0.2, 0.25) is 5.75 Å². The predicted octanol–water partition coefficient (Wildman–Crippen LogP) is 4.11. The van der Waals surface area contributed by atoms with Gasteiger partial charge in [0.05, 0.1) is 31.0 Å². The fraction of sp³-hybridized carbons (Fsp3) is 0.167. The lowest BCUT2D eigenvalue weighted by molar-refractivity contribution is -0.113. The summed E-state index contributed by atoms with van der Waals surface area (Å²) in [5.74, 6) is -0.434. The number of amides is 1. The maximum absolute atomic E-state index is 12.8. The molecule has 6 nitrogen and oxygen atoms in total. The summed E-state index contributed by atoms with van der Waals surface area (Å²) in [4.78, 5) is 18.5. The van der Waals surface area contributed by atoms with Crippen molar-refractivity contribution in [1.82, 2.24) is 4.98 Å². The van der Waals surface area contributed by atoms with Gasteiger partial charge in [0.15, 0.2) is 15.8 Å². The summed E-state index contributed by atoms with van der Waals surface area (Å²) in [5.41, 5.74) is 1.06. The zero-order valence-electron chi connectivity index (χ0n) is 14.7. The highest BCUT2D eigenvalue weighted by Gasteiger charge is 2.33. The van der Waals surface area contributed by atoms with E-state index in [0.29, 0.717) is 20.5 Å². The van der Waals surface area contributed by atoms with Crippen molar-refractivity contribution in [2.45, 2.75) is 6.61 Å². The molecule has 28 heavy (non-hydrogen) atoms. The number of rotatable bonds is 6. The highest BCUT2D eigenvalue weighted by molar-refractivity contribution is 8.27. The molecule has 2 aromatic rings. The lowest BCUT2D eigenvalue weighted by atomic mass is 10.1. The van der Waals surface area contributed by atoms with Gasteiger partial charge in [0, 0.05) is 6.20 Å². The van der Waals surface area contributed by atoms with Crippen molar-refractivity contribution in [3.63, 3.8) is 0 Å². The minimum atomic E-state index is -3.04. The van der Waals surface area contributed by atoms with Gasteiger partial charge in [0.1, 0.15) is 0 Å². The van der Waals surface area contributed by atoms with Crippen LogP contribution in [-0.2, 0) is 4.79 Å². The Morgan fingerprint density at radius 3 is 2.46 bits per heavy atom. The number of ether oxygens (including phenoxy) is 3. The van der Waals surface area contributed by atoms with E-state index in [9.17, 15) is 13.6 Å². The van der Waals surface area contributed by atoms with Crippen LogP contribution in [0.4, 0.5) is 14.5 Å². The van der Waals surface area contributed by atoms with Gasteiger partial charge in [-0.25, -0.2) is 0 Å². The van der Waals surface area contributed by atoms with Gasteiger partial charge < -0.3 is 14.2 Å². The number of nitrogens with zero attached hydrogens (tertiary/aromatic N) is 2. The van der Waals surface area contributed by atoms with E-state index in [-0.39, 0.29) is 23.2 Å². The second kappa shape index (κ2) is 8.53. The van der Waals surface area contributed by atoms with Gasteiger partial charge in [-0.3, -0.25) is 14.7 Å². The zero-order valence-corrected chi connectivity index (χ0v) is 16.4. The molecule has 1 aliphatic heterocycles. The third-order valence-corrected chi connectivity index (χ3v) is 4.99. The summed E-state index contributed by atoms with van der Waals surface area (Å²) in [5, 5.41) is 0. The van der Waals surface area contributed by atoms with Crippen molar-refractivity contribution in [3.05, 3.63) is 47.1 Å². The van der Waals surface area contributed by atoms with Crippen molar-refractivity contribution >= 4 is 46.0 Å². The largest absolute Gasteiger partial charge is 0.493 e. The average molecular weight is 424 g/mol. The summed E-state index contributed by atoms with van der Waals surface area (Å²) >= 11 is 6.43. The smallest absolute Gasteiger partial charge is 0.387 e. The van der Waals surface area contributed by atoms with E-state index in [1.165, 1.54) is 37.4 Å². The van der Waals surface area contributed by atoms with Crippen LogP contribution in [-0.4, -0.2) is 36.0 Å². The number of carbonyl (C=O) groups is 1. The van der Waals surface area contributed by atoms with E-state index in [1.54, 1.807) is 24.4 Å². The zero-order chi connectivity index (χ0) is 20.3. The van der Waals surface area contributed by atoms with Crippen LogP contribution < -0.4 is 19.1 Å². The Morgan fingerprint density at radius 1 is 1.25 bits per heavy atom. The number of thiocarbonyl (C=S) groups is 1. The Kier molecular flexibility index (Phi) is 6.10. The number of pyridine rings is 1. The monoisotopic (exact) mass is 424 g/mol. The molecule has 1 fully saturated rings. The standard InChI is InChI=1S/C18H14F2N2O4S2/c1-24-12-6-10(7-13(25-2)15(12)26-17(19)20)8-14-16(23)22(18(27)28-14)11-4-3-5-21-9-11/h3-9,17H,1-2H3/b14-8-. The molecule has 0 saturated carbocycles. The molecule has 2 heterocycles. The molecule has 1 saturated heterocycles. The second-order valence-electron chi connectivity index (χ2n) is 5.36. The molecule has 3 rings (SSSR count). The highest BCUT2D eigenvalue weighted by Crippen LogP contribution is 2.41. The molecule has 1 aromatic heterocycles. The molecule has 1 aromatic carbocycles. The minimum Gasteiger partial charge on any atom is -0.493 e. The van der Waals surface area contributed by atoms with Crippen LogP contribution in [0.2, 0.25) is 0 Å². The quantitative estimate of drug-likeness (QED) is 0.511. The molecule has 1 amide bonds. The Morgan fingerprint density at radius 2 is 1.93 bits per heavy atom.